The lowest BCUT2D eigenvalue weighted by molar-refractivity contribution is 0.265. The number of methoxy groups -OCH3 is 1. The van der Waals surface area contributed by atoms with Gasteiger partial charge in [0.2, 0.25) is 0 Å². The third-order valence-electron chi connectivity index (χ3n) is 4.41. The van der Waals surface area contributed by atoms with Crippen molar-refractivity contribution in [2.24, 2.45) is 5.92 Å². The van der Waals surface area contributed by atoms with Gasteiger partial charge in [0.25, 0.3) is 0 Å². The Bertz CT molecular complexity index is 467. The fourth-order valence-corrected chi connectivity index (χ4v) is 3.23. The van der Waals surface area contributed by atoms with Gasteiger partial charge in [-0.1, -0.05) is 18.9 Å². The maximum atomic E-state index is 14.4. The van der Waals surface area contributed by atoms with Crippen LogP contribution in [0.4, 0.5) is 4.39 Å². The van der Waals surface area contributed by atoms with E-state index in [-0.39, 0.29) is 11.4 Å². The summed E-state index contributed by atoms with van der Waals surface area (Å²) in [5.41, 5.74) is 0.969. The normalized spacial score (nSPS) is 23.1. The molecular weight excluding hydrogens is 265 g/mol. The first-order valence-electron chi connectivity index (χ1n) is 7.99. The summed E-state index contributed by atoms with van der Waals surface area (Å²) in [6.07, 6.45) is 4.71. The molecule has 2 unspecified atom stereocenters. The van der Waals surface area contributed by atoms with Crippen molar-refractivity contribution in [2.75, 3.05) is 13.7 Å². The van der Waals surface area contributed by atoms with E-state index in [1.165, 1.54) is 25.3 Å². The van der Waals surface area contributed by atoms with E-state index in [0.29, 0.717) is 17.6 Å². The lowest BCUT2D eigenvalue weighted by Gasteiger charge is -2.34. The number of nitrogens with one attached hydrogen (secondary N) is 1. The van der Waals surface area contributed by atoms with Crippen LogP contribution in [0.15, 0.2) is 18.2 Å². The lowest BCUT2D eigenvalue weighted by Crippen LogP contribution is -2.41. The molecule has 2 rings (SSSR count). The quantitative estimate of drug-likeness (QED) is 0.882. The summed E-state index contributed by atoms with van der Waals surface area (Å²) in [7, 11) is 1.57. The second-order valence-corrected chi connectivity index (χ2v) is 7.17. The molecule has 0 radical (unpaired) electrons. The van der Waals surface area contributed by atoms with Crippen LogP contribution in [0.25, 0.3) is 0 Å². The second kappa shape index (κ2) is 6.78. The summed E-state index contributed by atoms with van der Waals surface area (Å²) in [6.45, 7) is 7.50. The summed E-state index contributed by atoms with van der Waals surface area (Å²) in [5, 5.41) is 3.59. The molecule has 1 aliphatic rings. The van der Waals surface area contributed by atoms with Gasteiger partial charge in [0.15, 0.2) is 0 Å². The molecule has 0 heterocycles. The summed E-state index contributed by atoms with van der Waals surface area (Å²) in [5.74, 6) is 1.30. The van der Waals surface area contributed by atoms with Crippen molar-refractivity contribution in [1.29, 1.82) is 0 Å². The molecule has 118 valence electrons. The maximum Gasteiger partial charge on any atom is 0.130 e. The van der Waals surface area contributed by atoms with Crippen molar-refractivity contribution in [1.82, 2.24) is 5.32 Å². The predicted molar refractivity (Wildman–Crippen MR) is 85.4 cm³/mol. The summed E-state index contributed by atoms with van der Waals surface area (Å²) < 4.78 is 19.5. The molecule has 3 heteroatoms. The highest BCUT2D eigenvalue weighted by Crippen LogP contribution is 2.39. The third-order valence-corrected chi connectivity index (χ3v) is 4.41. The minimum atomic E-state index is -0.123. The standard InChI is InChI=1S/C18H28FNO/c1-18(2,3)20-12-13-7-5-6-8-15(13)16-10-9-14(21-4)11-17(16)19/h9-11,13,15,20H,5-8,12H2,1-4H3. The number of rotatable bonds is 4. The van der Waals surface area contributed by atoms with Gasteiger partial charge >= 0.3 is 0 Å². The highest BCUT2D eigenvalue weighted by molar-refractivity contribution is 5.31. The van der Waals surface area contributed by atoms with Crippen molar-refractivity contribution in [3.63, 3.8) is 0 Å². The second-order valence-electron chi connectivity index (χ2n) is 7.17. The van der Waals surface area contributed by atoms with E-state index in [0.717, 1.165) is 18.5 Å². The Labute approximate surface area is 128 Å². The first-order valence-corrected chi connectivity index (χ1v) is 7.99. The van der Waals surface area contributed by atoms with E-state index in [9.17, 15) is 4.39 Å². The van der Waals surface area contributed by atoms with Crippen LogP contribution in [-0.2, 0) is 0 Å². The monoisotopic (exact) mass is 293 g/mol. The van der Waals surface area contributed by atoms with Gasteiger partial charge in [0.05, 0.1) is 7.11 Å². The van der Waals surface area contributed by atoms with Crippen LogP contribution in [-0.4, -0.2) is 19.2 Å². The molecule has 2 atom stereocenters. The first kappa shape index (κ1) is 16.3. The molecule has 1 aromatic rings. The van der Waals surface area contributed by atoms with Crippen LogP contribution in [0, 0.1) is 11.7 Å². The molecule has 1 N–H and O–H groups in total. The highest BCUT2D eigenvalue weighted by Gasteiger charge is 2.29. The van der Waals surface area contributed by atoms with Crippen LogP contribution in [0.1, 0.15) is 57.9 Å². The lowest BCUT2D eigenvalue weighted by atomic mass is 9.75. The Morgan fingerprint density at radius 2 is 1.95 bits per heavy atom. The van der Waals surface area contributed by atoms with E-state index in [1.54, 1.807) is 7.11 Å². The maximum absolute atomic E-state index is 14.4. The van der Waals surface area contributed by atoms with E-state index in [2.05, 4.69) is 26.1 Å². The Morgan fingerprint density at radius 3 is 2.57 bits per heavy atom. The molecule has 0 aliphatic heterocycles. The van der Waals surface area contributed by atoms with Gasteiger partial charge in [-0.2, -0.15) is 0 Å². The van der Waals surface area contributed by atoms with Crippen LogP contribution in [0.5, 0.6) is 5.75 Å². The van der Waals surface area contributed by atoms with Crippen molar-refractivity contribution in [2.45, 2.75) is 57.9 Å². The molecule has 0 aromatic heterocycles. The number of benzene rings is 1. The van der Waals surface area contributed by atoms with E-state index < -0.39 is 0 Å². The molecule has 1 saturated carbocycles. The fourth-order valence-electron chi connectivity index (χ4n) is 3.23. The summed E-state index contributed by atoms with van der Waals surface area (Å²) in [4.78, 5) is 0. The van der Waals surface area contributed by atoms with Crippen LogP contribution in [0.3, 0.4) is 0 Å². The zero-order valence-corrected chi connectivity index (χ0v) is 13.7. The predicted octanol–water partition coefficient (Wildman–Crippen LogP) is 4.50. The van der Waals surface area contributed by atoms with Gasteiger partial charge in [0, 0.05) is 11.6 Å². The zero-order valence-electron chi connectivity index (χ0n) is 13.7. The van der Waals surface area contributed by atoms with Gasteiger partial charge in [-0.15, -0.1) is 0 Å². The number of ether oxygens (including phenoxy) is 1. The summed E-state index contributed by atoms with van der Waals surface area (Å²) in [6, 6.07) is 5.30. The van der Waals surface area contributed by atoms with Crippen LogP contribution < -0.4 is 10.1 Å². The smallest absolute Gasteiger partial charge is 0.130 e. The Morgan fingerprint density at radius 1 is 1.24 bits per heavy atom. The average molecular weight is 293 g/mol. The fraction of sp³-hybridized carbons (Fsp3) is 0.667. The number of hydrogen-bond donors (Lipinski definition) is 1. The van der Waals surface area contributed by atoms with Crippen LogP contribution >= 0.6 is 0 Å². The average Bonchev–Trinajstić information content (AvgIpc) is 2.44. The van der Waals surface area contributed by atoms with Gasteiger partial charge < -0.3 is 10.1 Å². The van der Waals surface area contributed by atoms with Crippen molar-refractivity contribution >= 4 is 0 Å². The van der Waals surface area contributed by atoms with Gasteiger partial charge in [-0.25, -0.2) is 4.39 Å². The Kier molecular flexibility index (Phi) is 5.26. The molecule has 1 aliphatic carbocycles. The molecule has 0 saturated heterocycles. The summed E-state index contributed by atoms with van der Waals surface area (Å²) >= 11 is 0. The SMILES string of the molecule is COc1ccc(C2CCCCC2CNC(C)(C)C)c(F)c1. The molecule has 0 amide bonds. The molecule has 1 fully saturated rings. The zero-order chi connectivity index (χ0) is 15.5. The van der Waals surface area contributed by atoms with Gasteiger partial charge in [-0.3, -0.25) is 0 Å². The van der Waals surface area contributed by atoms with Crippen molar-refractivity contribution in [3.8, 4) is 5.75 Å². The van der Waals surface area contributed by atoms with Gasteiger partial charge in [-0.05, 0) is 63.6 Å². The van der Waals surface area contributed by atoms with E-state index >= 15 is 0 Å². The van der Waals surface area contributed by atoms with Crippen molar-refractivity contribution in [3.05, 3.63) is 29.6 Å². The molecule has 0 bridgehead atoms. The minimum Gasteiger partial charge on any atom is -0.497 e. The molecule has 2 nitrogen and oxygen atoms in total. The molecular formula is C18H28FNO. The largest absolute Gasteiger partial charge is 0.497 e. The number of hydrogen-bond acceptors (Lipinski definition) is 2. The third kappa shape index (κ3) is 4.44. The van der Waals surface area contributed by atoms with E-state index in [1.807, 2.05) is 12.1 Å². The number of halogens is 1. The molecule has 1 aromatic carbocycles. The Hall–Kier alpha value is -1.09. The molecule has 21 heavy (non-hydrogen) atoms. The minimum absolute atomic E-state index is 0.112. The van der Waals surface area contributed by atoms with E-state index in [4.69, 9.17) is 4.74 Å². The first-order chi connectivity index (χ1) is 9.90. The van der Waals surface area contributed by atoms with Gasteiger partial charge in [0.1, 0.15) is 11.6 Å². The topological polar surface area (TPSA) is 21.3 Å². The Balaban J connectivity index is 2.14. The highest BCUT2D eigenvalue weighted by atomic mass is 19.1. The van der Waals surface area contributed by atoms with Crippen molar-refractivity contribution < 1.29 is 9.13 Å². The molecule has 0 spiro atoms. The van der Waals surface area contributed by atoms with Crippen LogP contribution in [0.2, 0.25) is 0 Å².